The minimum atomic E-state index is 0.579. The van der Waals surface area contributed by atoms with E-state index in [2.05, 4.69) is 80.6 Å². The van der Waals surface area contributed by atoms with Gasteiger partial charge in [0.1, 0.15) is 0 Å². The third kappa shape index (κ3) is 6.37. The van der Waals surface area contributed by atoms with Gasteiger partial charge >= 0.3 is 0 Å². The fraction of sp³-hybridized carbons (Fsp3) is 0.562. The molecule has 2 aromatic carbocycles. The molecule has 2 saturated carbocycles. The summed E-state index contributed by atoms with van der Waals surface area (Å²) in [5, 5.41) is 0. The van der Waals surface area contributed by atoms with Crippen LogP contribution in [0.4, 0.5) is 0 Å². The van der Waals surface area contributed by atoms with Crippen molar-refractivity contribution in [2.75, 3.05) is 0 Å². The zero-order valence-corrected chi connectivity index (χ0v) is 20.5. The van der Waals surface area contributed by atoms with E-state index in [9.17, 15) is 0 Å². The highest BCUT2D eigenvalue weighted by Crippen LogP contribution is 2.44. The largest absolute Gasteiger partial charge is 0.0917 e. The van der Waals surface area contributed by atoms with E-state index in [0.717, 1.165) is 30.1 Å². The second kappa shape index (κ2) is 11.9. The lowest BCUT2D eigenvalue weighted by atomic mass is 9.68. The highest BCUT2D eigenvalue weighted by molar-refractivity contribution is 5.28. The van der Waals surface area contributed by atoms with Gasteiger partial charge in [0.05, 0.1) is 0 Å². The molecule has 0 aliphatic heterocycles. The van der Waals surface area contributed by atoms with Gasteiger partial charge in [-0.25, -0.2) is 0 Å². The lowest BCUT2D eigenvalue weighted by Gasteiger charge is -2.38. The molecule has 2 aromatic rings. The molecule has 0 N–H and O–H groups in total. The number of hydrogen-bond donors (Lipinski definition) is 0. The molecule has 1 atom stereocenters. The number of allylic oxidation sites excluding steroid dienone is 2. The van der Waals surface area contributed by atoms with E-state index in [1.54, 1.807) is 5.56 Å². The monoisotopic (exact) mass is 428 g/mol. The fourth-order valence-electron chi connectivity index (χ4n) is 6.55. The van der Waals surface area contributed by atoms with Crippen molar-refractivity contribution in [2.45, 2.75) is 96.3 Å². The minimum Gasteiger partial charge on any atom is -0.0917 e. The van der Waals surface area contributed by atoms with Gasteiger partial charge in [-0.15, -0.1) is 0 Å². The molecule has 2 fully saturated rings. The van der Waals surface area contributed by atoms with Crippen LogP contribution >= 0.6 is 0 Å². The zero-order chi connectivity index (χ0) is 22.2. The van der Waals surface area contributed by atoms with Gasteiger partial charge in [0.25, 0.3) is 0 Å². The second-order valence-electron chi connectivity index (χ2n) is 10.8. The van der Waals surface area contributed by atoms with Crippen LogP contribution in [-0.4, -0.2) is 0 Å². The lowest BCUT2D eigenvalue weighted by molar-refractivity contribution is 0.157. The quantitative estimate of drug-likeness (QED) is 0.367. The first-order valence-corrected chi connectivity index (χ1v) is 13.5. The average Bonchev–Trinajstić information content (AvgIpc) is 2.86. The van der Waals surface area contributed by atoms with Crippen LogP contribution in [0.1, 0.15) is 107 Å². The smallest absolute Gasteiger partial charge is 0.0150 e. The van der Waals surface area contributed by atoms with Crippen LogP contribution < -0.4 is 0 Å². The summed E-state index contributed by atoms with van der Waals surface area (Å²) < 4.78 is 0. The van der Waals surface area contributed by atoms with E-state index >= 15 is 0 Å². The van der Waals surface area contributed by atoms with Crippen molar-refractivity contribution >= 4 is 0 Å². The summed E-state index contributed by atoms with van der Waals surface area (Å²) >= 11 is 0. The van der Waals surface area contributed by atoms with Gasteiger partial charge in [-0.05, 0) is 111 Å². The highest BCUT2D eigenvalue weighted by Gasteiger charge is 2.31. The topological polar surface area (TPSA) is 0 Å². The molecule has 172 valence electrons. The van der Waals surface area contributed by atoms with Crippen LogP contribution in [0.5, 0.6) is 0 Å². The predicted molar refractivity (Wildman–Crippen MR) is 139 cm³/mol. The van der Waals surface area contributed by atoms with Crippen molar-refractivity contribution in [2.24, 2.45) is 17.8 Å². The molecule has 0 heteroatoms. The first kappa shape index (κ1) is 23.3. The molecule has 0 spiro atoms. The number of hydrogen-bond acceptors (Lipinski definition) is 0. The van der Waals surface area contributed by atoms with Crippen LogP contribution in [0, 0.1) is 17.8 Å². The first-order valence-electron chi connectivity index (χ1n) is 13.5. The van der Waals surface area contributed by atoms with Crippen LogP contribution in [-0.2, 0) is 6.42 Å². The molecule has 0 aromatic heterocycles. The Morgan fingerprint density at radius 3 is 2.03 bits per heavy atom. The summed E-state index contributed by atoms with van der Waals surface area (Å²) in [4.78, 5) is 0. The normalized spacial score (nSPS) is 27.4. The molecule has 2 aliphatic rings. The van der Waals surface area contributed by atoms with E-state index in [1.807, 2.05) is 0 Å². The van der Waals surface area contributed by atoms with Crippen molar-refractivity contribution in [3.63, 3.8) is 0 Å². The maximum absolute atomic E-state index is 2.44. The Balaban J connectivity index is 1.21. The Labute approximate surface area is 197 Å². The summed E-state index contributed by atoms with van der Waals surface area (Å²) in [6, 6.07) is 20.6. The molecule has 0 unspecified atom stereocenters. The van der Waals surface area contributed by atoms with Gasteiger partial charge in [-0.1, -0.05) is 86.5 Å². The Bertz CT molecular complexity index is 799. The molecule has 32 heavy (non-hydrogen) atoms. The molecule has 0 amide bonds. The molecule has 0 heterocycles. The third-order valence-electron chi connectivity index (χ3n) is 8.67. The standard InChI is InChI=1S/C32H44/c1-3-4-6-9-26-12-16-29(17-13-26)31-20-22-32(23-21-31)30-18-14-27(15-19-30)24-25(2)28-10-7-5-8-11-28/h3-5,7-8,10-11,14-15,18-19,25-26,29,31-32H,6,9,12-13,16-17,20-24H2,1-2H3/t25-,26?,29?,31?,32?/m1/s1. The fourth-order valence-corrected chi connectivity index (χ4v) is 6.55. The van der Waals surface area contributed by atoms with Crippen molar-refractivity contribution in [1.82, 2.24) is 0 Å². The molecular weight excluding hydrogens is 384 g/mol. The SMILES string of the molecule is CC=CCCC1CCC(C2CCC(c3ccc(C[C@@H](C)c4ccccc4)cc3)CC2)CC1. The highest BCUT2D eigenvalue weighted by atomic mass is 14.4. The number of benzene rings is 2. The van der Waals surface area contributed by atoms with Gasteiger partial charge in [0.15, 0.2) is 0 Å². The van der Waals surface area contributed by atoms with Crippen LogP contribution in [0.2, 0.25) is 0 Å². The summed E-state index contributed by atoms with van der Waals surface area (Å²) in [6.07, 6.45) is 20.1. The maximum atomic E-state index is 2.44. The van der Waals surface area contributed by atoms with Crippen LogP contribution in [0.15, 0.2) is 66.7 Å². The van der Waals surface area contributed by atoms with Crippen molar-refractivity contribution in [3.8, 4) is 0 Å². The summed E-state index contributed by atoms with van der Waals surface area (Å²) in [5.74, 6) is 4.41. The number of rotatable bonds is 8. The third-order valence-corrected chi connectivity index (χ3v) is 8.67. The van der Waals surface area contributed by atoms with E-state index < -0.39 is 0 Å². The maximum Gasteiger partial charge on any atom is -0.0150 e. The average molecular weight is 429 g/mol. The van der Waals surface area contributed by atoms with Crippen molar-refractivity contribution in [1.29, 1.82) is 0 Å². The Morgan fingerprint density at radius 2 is 1.41 bits per heavy atom. The lowest BCUT2D eigenvalue weighted by Crippen LogP contribution is -2.25. The molecule has 0 nitrogen and oxygen atoms in total. The molecule has 2 aliphatic carbocycles. The van der Waals surface area contributed by atoms with E-state index in [4.69, 9.17) is 0 Å². The second-order valence-corrected chi connectivity index (χ2v) is 10.8. The Morgan fingerprint density at radius 1 is 0.781 bits per heavy atom. The van der Waals surface area contributed by atoms with Gasteiger partial charge < -0.3 is 0 Å². The van der Waals surface area contributed by atoms with E-state index in [0.29, 0.717) is 5.92 Å². The zero-order valence-electron chi connectivity index (χ0n) is 20.5. The van der Waals surface area contributed by atoms with Gasteiger partial charge in [0.2, 0.25) is 0 Å². The molecule has 0 radical (unpaired) electrons. The van der Waals surface area contributed by atoms with E-state index in [1.165, 1.54) is 75.3 Å². The van der Waals surface area contributed by atoms with Gasteiger partial charge in [0, 0.05) is 0 Å². The van der Waals surface area contributed by atoms with Crippen molar-refractivity contribution in [3.05, 3.63) is 83.4 Å². The Kier molecular flexibility index (Phi) is 8.66. The van der Waals surface area contributed by atoms with Crippen molar-refractivity contribution < 1.29 is 0 Å². The molecule has 0 saturated heterocycles. The minimum absolute atomic E-state index is 0.579. The Hall–Kier alpha value is -1.82. The molecule has 4 rings (SSSR count). The first-order chi connectivity index (χ1) is 15.7. The summed E-state index contributed by atoms with van der Waals surface area (Å²) in [6.45, 7) is 4.49. The van der Waals surface area contributed by atoms with Gasteiger partial charge in [-0.3, -0.25) is 0 Å². The predicted octanol–water partition coefficient (Wildman–Crippen LogP) is 9.47. The molecular formula is C32H44. The molecule has 0 bridgehead atoms. The van der Waals surface area contributed by atoms with Crippen LogP contribution in [0.3, 0.4) is 0 Å². The summed E-state index contributed by atoms with van der Waals surface area (Å²) in [7, 11) is 0. The van der Waals surface area contributed by atoms with E-state index in [-0.39, 0.29) is 0 Å². The van der Waals surface area contributed by atoms with Gasteiger partial charge in [-0.2, -0.15) is 0 Å². The van der Waals surface area contributed by atoms with Crippen LogP contribution in [0.25, 0.3) is 0 Å². The summed E-state index contributed by atoms with van der Waals surface area (Å²) in [5.41, 5.74) is 4.51.